The molecule has 1 unspecified atom stereocenters. The molecule has 0 spiro atoms. The van der Waals surface area contributed by atoms with E-state index in [-0.39, 0.29) is 49.0 Å². The number of nitrogens with one attached hydrogen (secondary N) is 1. The second-order valence-electron chi connectivity index (χ2n) is 6.39. The monoisotopic (exact) mass is 380 g/mol. The quantitative estimate of drug-likeness (QED) is 0.481. The van der Waals surface area contributed by atoms with E-state index in [0.29, 0.717) is 18.6 Å². The van der Waals surface area contributed by atoms with Crippen molar-refractivity contribution in [2.24, 2.45) is 17.6 Å². The van der Waals surface area contributed by atoms with Crippen LogP contribution in [0.4, 0.5) is 5.95 Å². The standard InChI is InChI=1S/C16H24N6O5/c1-9(2)15(25)27-7-10(6-26-11(23)5-17)3-4-22-8-19-12-13(22)20-16(18)21-14(12)24/h8-10H,3-7,17H2,1-2H3,(H3,18,20,21,24). The molecule has 0 aliphatic rings. The fourth-order valence-corrected chi connectivity index (χ4v) is 2.31. The topological polar surface area (TPSA) is 168 Å². The number of nitrogen functional groups attached to an aromatic ring is 1. The van der Waals surface area contributed by atoms with Crippen molar-refractivity contribution in [1.29, 1.82) is 0 Å². The van der Waals surface area contributed by atoms with Gasteiger partial charge in [-0.3, -0.25) is 19.4 Å². The average Bonchev–Trinajstić information content (AvgIpc) is 3.03. The number of fused-ring (bicyclic) bond motifs is 1. The third-order valence-corrected chi connectivity index (χ3v) is 3.85. The zero-order chi connectivity index (χ0) is 20.0. The summed E-state index contributed by atoms with van der Waals surface area (Å²) in [5, 5.41) is 0. The zero-order valence-corrected chi connectivity index (χ0v) is 15.3. The van der Waals surface area contributed by atoms with Crippen LogP contribution in [-0.4, -0.2) is 51.2 Å². The van der Waals surface area contributed by atoms with Crippen LogP contribution in [0.2, 0.25) is 0 Å². The van der Waals surface area contributed by atoms with Gasteiger partial charge in [0.2, 0.25) is 5.95 Å². The number of rotatable bonds is 9. The molecule has 0 radical (unpaired) electrons. The van der Waals surface area contributed by atoms with Gasteiger partial charge < -0.3 is 25.5 Å². The first-order valence-electron chi connectivity index (χ1n) is 8.54. The lowest BCUT2D eigenvalue weighted by Crippen LogP contribution is -2.26. The van der Waals surface area contributed by atoms with Gasteiger partial charge >= 0.3 is 11.9 Å². The van der Waals surface area contributed by atoms with Crippen LogP contribution in [0.3, 0.4) is 0 Å². The molecule has 27 heavy (non-hydrogen) atoms. The third-order valence-electron chi connectivity index (χ3n) is 3.85. The molecule has 11 nitrogen and oxygen atoms in total. The number of aromatic nitrogens is 4. The minimum atomic E-state index is -0.538. The average molecular weight is 380 g/mol. The van der Waals surface area contributed by atoms with E-state index >= 15 is 0 Å². The maximum Gasteiger partial charge on any atom is 0.319 e. The van der Waals surface area contributed by atoms with Crippen molar-refractivity contribution < 1.29 is 19.1 Å². The van der Waals surface area contributed by atoms with Crippen LogP contribution in [0.25, 0.3) is 11.2 Å². The van der Waals surface area contributed by atoms with Gasteiger partial charge in [-0.15, -0.1) is 0 Å². The number of nitrogens with two attached hydrogens (primary N) is 2. The first-order valence-corrected chi connectivity index (χ1v) is 8.54. The highest BCUT2D eigenvalue weighted by Crippen LogP contribution is 2.13. The number of ether oxygens (including phenoxy) is 2. The number of aryl methyl sites for hydroxylation is 1. The highest BCUT2D eigenvalue weighted by molar-refractivity contribution is 5.72. The number of hydrogen-bond acceptors (Lipinski definition) is 9. The summed E-state index contributed by atoms with van der Waals surface area (Å²) < 4.78 is 12.0. The van der Waals surface area contributed by atoms with Crippen molar-refractivity contribution in [3.8, 4) is 0 Å². The number of hydrogen-bond donors (Lipinski definition) is 3. The summed E-state index contributed by atoms with van der Waals surface area (Å²) in [5.41, 5.74) is 10.9. The normalized spacial score (nSPS) is 12.3. The van der Waals surface area contributed by atoms with E-state index in [2.05, 4.69) is 15.0 Å². The van der Waals surface area contributed by atoms with Gasteiger partial charge in [0.15, 0.2) is 11.2 Å². The van der Waals surface area contributed by atoms with Gasteiger partial charge in [0.05, 0.1) is 32.0 Å². The van der Waals surface area contributed by atoms with E-state index in [1.54, 1.807) is 18.4 Å². The molecule has 0 amide bonds. The Morgan fingerprint density at radius 2 is 2.00 bits per heavy atom. The Morgan fingerprint density at radius 1 is 1.30 bits per heavy atom. The van der Waals surface area contributed by atoms with Crippen molar-refractivity contribution >= 4 is 29.1 Å². The Labute approximate surface area is 155 Å². The van der Waals surface area contributed by atoms with Crippen LogP contribution in [0.5, 0.6) is 0 Å². The molecule has 148 valence electrons. The van der Waals surface area contributed by atoms with Crippen molar-refractivity contribution in [2.45, 2.75) is 26.8 Å². The van der Waals surface area contributed by atoms with Crippen LogP contribution in [0.15, 0.2) is 11.1 Å². The fraction of sp³-hybridized carbons (Fsp3) is 0.562. The number of carbonyl (C=O) groups excluding carboxylic acids is 2. The molecule has 2 rings (SSSR count). The number of esters is 2. The van der Waals surface area contributed by atoms with Crippen LogP contribution >= 0.6 is 0 Å². The molecule has 0 saturated carbocycles. The Hall–Kier alpha value is -2.95. The first-order chi connectivity index (χ1) is 12.8. The lowest BCUT2D eigenvalue weighted by Gasteiger charge is -2.18. The summed E-state index contributed by atoms with van der Waals surface area (Å²) in [4.78, 5) is 45.3. The molecular weight excluding hydrogens is 356 g/mol. The number of H-pyrrole nitrogens is 1. The molecule has 11 heteroatoms. The first kappa shape index (κ1) is 20.4. The SMILES string of the molecule is CC(C)C(=O)OCC(CCn1cnc2c(=O)[nH]c(N)nc21)COC(=O)CN. The summed E-state index contributed by atoms with van der Waals surface area (Å²) in [7, 11) is 0. The second-order valence-corrected chi connectivity index (χ2v) is 6.39. The molecule has 1 atom stereocenters. The zero-order valence-electron chi connectivity index (χ0n) is 15.3. The van der Waals surface area contributed by atoms with E-state index in [1.807, 2.05) is 0 Å². The molecule has 2 aromatic rings. The Bertz CT molecular complexity index is 859. The predicted molar refractivity (Wildman–Crippen MR) is 96.5 cm³/mol. The highest BCUT2D eigenvalue weighted by atomic mass is 16.5. The maximum absolute atomic E-state index is 11.8. The molecule has 0 aliphatic heterocycles. The minimum Gasteiger partial charge on any atom is -0.465 e. The molecule has 2 aromatic heterocycles. The Morgan fingerprint density at radius 3 is 2.67 bits per heavy atom. The van der Waals surface area contributed by atoms with Crippen molar-refractivity contribution in [3.05, 3.63) is 16.7 Å². The van der Waals surface area contributed by atoms with Crippen molar-refractivity contribution in [3.63, 3.8) is 0 Å². The molecular formula is C16H24N6O5. The van der Waals surface area contributed by atoms with Gasteiger partial charge in [0.1, 0.15) is 0 Å². The second kappa shape index (κ2) is 9.12. The maximum atomic E-state index is 11.8. The predicted octanol–water partition coefficient (Wildman–Crippen LogP) is -0.591. The Kier molecular flexibility index (Phi) is 6.88. The molecule has 0 aromatic carbocycles. The number of imidazole rings is 1. The lowest BCUT2D eigenvalue weighted by molar-refractivity contribution is -0.151. The number of aromatic amines is 1. The number of anilines is 1. The molecule has 0 aliphatic carbocycles. The van der Waals surface area contributed by atoms with E-state index in [0.717, 1.165) is 0 Å². The highest BCUT2D eigenvalue weighted by Gasteiger charge is 2.18. The van der Waals surface area contributed by atoms with Gasteiger partial charge in [-0.1, -0.05) is 13.8 Å². The smallest absolute Gasteiger partial charge is 0.319 e. The van der Waals surface area contributed by atoms with Crippen LogP contribution in [-0.2, 0) is 25.6 Å². The van der Waals surface area contributed by atoms with Gasteiger partial charge in [0.25, 0.3) is 5.56 Å². The van der Waals surface area contributed by atoms with Crippen LogP contribution in [0.1, 0.15) is 20.3 Å². The molecule has 0 saturated heterocycles. The minimum absolute atomic E-state index is 0.00598. The Balaban J connectivity index is 2.06. The summed E-state index contributed by atoms with van der Waals surface area (Å²) in [5.74, 6) is -1.38. The van der Waals surface area contributed by atoms with E-state index < -0.39 is 11.5 Å². The molecule has 0 bridgehead atoms. The van der Waals surface area contributed by atoms with Crippen molar-refractivity contribution in [2.75, 3.05) is 25.5 Å². The third kappa shape index (κ3) is 5.51. The van der Waals surface area contributed by atoms with Crippen LogP contribution in [0, 0.1) is 11.8 Å². The van der Waals surface area contributed by atoms with Crippen LogP contribution < -0.4 is 17.0 Å². The number of nitrogens with zero attached hydrogens (tertiary/aromatic N) is 3. The summed E-state index contributed by atoms with van der Waals surface area (Å²) >= 11 is 0. The van der Waals surface area contributed by atoms with Gasteiger partial charge in [-0.25, -0.2) is 4.98 Å². The lowest BCUT2D eigenvalue weighted by atomic mass is 10.1. The number of carbonyl (C=O) groups is 2. The molecule has 5 N–H and O–H groups in total. The van der Waals surface area contributed by atoms with Crippen molar-refractivity contribution in [1.82, 2.24) is 19.5 Å². The van der Waals surface area contributed by atoms with Gasteiger partial charge in [0, 0.05) is 12.5 Å². The summed E-state index contributed by atoms with van der Waals surface area (Å²) in [6.45, 7) is 3.81. The van der Waals surface area contributed by atoms with E-state index in [1.165, 1.54) is 6.33 Å². The summed E-state index contributed by atoms with van der Waals surface area (Å²) in [6.07, 6.45) is 1.97. The largest absolute Gasteiger partial charge is 0.465 e. The van der Waals surface area contributed by atoms with Gasteiger partial charge in [-0.05, 0) is 6.42 Å². The van der Waals surface area contributed by atoms with E-state index in [9.17, 15) is 14.4 Å². The van der Waals surface area contributed by atoms with Gasteiger partial charge in [-0.2, -0.15) is 4.98 Å². The molecule has 0 fully saturated rings. The molecule has 2 heterocycles. The fourth-order valence-electron chi connectivity index (χ4n) is 2.31. The van der Waals surface area contributed by atoms with E-state index in [4.69, 9.17) is 20.9 Å². The summed E-state index contributed by atoms with van der Waals surface area (Å²) in [6, 6.07) is 0.